The molecule has 0 bridgehead atoms. The van der Waals surface area contributed by atoms with Crippen LogP contribution in [0.4, 0.5) is 0 Å². The van der Waals surface area contributed by atoms with Gasteiger partial charge in [0.2, 0.25) is 0 Å². The van der Waals surface area contributed by atoms with Crippen molar-refractivity contribution in [2.75, 3.05) is 26.7 Å². The summed E-state index contributed by atoms with van der Waals surface area (Å²) in [5.74, 6) is 0.0524. The summed E-state index contributed by atoms with van der Waals surface area (Å²) in [5, 5.41) is 10.3. The van der Waals surface area contributed by atoms with E-state index in [1.54, 1.807) is 0 Å². The molecule has 2 atom stereocenters. The normalized spacial score (nSPS) is 25.6. The van der Waals surface area contributed by atoms with E-state index in [4.69, 9.17) is 4.74 Å². The second-order valence-electron chi connectivity index (χ2n) is 5.61. The minimum atomic E-state index is -0.696. The highest BCUT2D eigenvalue weighted by molar-refractivity contribution is 5.72. The van der Waals surface area contributed by atoms with Crippen molar-refractivity contribution in [3.8, 4) is 0 Å². The summed E-state index contributed by atoms with van der Waals surface area (Å²) in [5.41, 5.74) is -0.696. The predicted molar refractivity (Wildman–Crippen MR) is 66.6 cm³/mol. The van der Waals surface area contributed by atoms with Gasteiger partial charge in [0, 0.05) is 13.1 Å². The van der Waals surface area contributed by atoms with Crippen molar-refractivity contribution in [3.05, 3.63) is 0 Å². The van der Waals surface area contributed by atoms with E-state index in [0.717, 1.165) is 19.4 Å². The smallest absolute Gasteiger partial charge is 0.309 e. The lowest BCUT2D eigenvalue weighted by atomic mass is 9.90. The molecule has 0 amide bonds. The van der Waals surface area contributed by atoms with Crippen molar-refractivity contribution in [2.24, 2.45) is 11.8 Å². The summed E-state index contributed by atoms with van der Waals surface area (Å²) in [6.45, 7) is 8.17. The van der Waals surface area contributed by atoms with Gasteiger partial charge in [-0.15, -0.1) is 0 Å². The van der Waals surface area contributed by atoms with Crippen LogP contribution in [0.1, 0.15) is 33.6 Å². The molecular weight excluding hydrogens is 218 g/mol. The predicted octanol–water partition coefficient (Wildman–Crippen LogP) is 1.28. The first-order valence-corrected chi connectivity index (χ1v) is 6.39. The van der Waals surface area contributed by atoms with E-state index < -0.39 is 5.60 Å². The number of carbonyl (C=O) groups excluding carboxylic acids is 1. The quantitative estimate of drug-likeness (QED) is 0.756. The molecule has 1 fully saturated rings. The minimum absolute atomic E-state index is 0.0308. The average Bonchev–Trinajstić information content (AvgIpc) is 2.27. The summed E-state index contributed by atoms with van der Waals surface area (Å²) >= 11 is 0. The molecule has 1 N–H and O–H groups in total. The largest absolute Gasteiger partial charge is 0.469 e. The van der Waals surface area contributed by atoms with Crippen LogP contribution in [-0.4, -0.2) is 48.3 Å². The molecule has 1 rings (SSSR count). The number of β-amino-alcohol motifs (C(OH)–C–C–N with tert-alkyl or cyclic N) is 1. The highest BCUT2D eigenvalue weighted by atomic mass is 16.5. The van der Waals surface area contributed by atoms with Crippen molar-refractivity contribution in [1.29, 1.82) is 0 Å². The molecule has 0 saturated carbocycles. The van der Waals surface area contributed by atoms with Gasteiger partial charge in [0.15, 0.2) is 0 Å². The van der Waals surface area contributed by atoms with Crippen molar-refractivity contribution in [1.82, 2.24) is 4.90 Å². The Morgan fingerprint density at radius 1 is 1.59 bits per heavy atom. The monoisotopic (exact) mass is 243 g/mol. The van der Waals surface area contributed by atoms with Crippen LogP contribution in [0, 0.1) is 11.8 Å². The van der Waals surface area contributed by atoms with Gasteiger partial charge < -0.3 is 9.84 Å². The second kappa shape index (κ2) is 5.83. The summed E-state index contributed by atoms with van der Waals surface area (Å²) in [4.78, 5) is 13.7. The standard InChI is InChI=1S/C13H25NO3/c1-10(2)13(3,16)9-14-7-5-6-11(8-14)12(15)17-4/h10-11,16H,5-9H2,1-4H3/t11-,13?/m0/s1. The number of esters is 1. The van der Waals surface area contributed by atoms with Gasteiger partial charge in [0.25, 0.3) is 0 Å². The van der Waals surface area contributed by atoms with Crippen LogP contribution >= 0.6 is 0 Å². The lowest BCUT2D eigenvalue weighted by Crippen LogP contribution is -2.49. The van der Waals surface area contributed by atoms with E-state index >= 15 is 0 Å². The molecule has 0 aromatic rings. The number of rotatable bonds is 4. The molecule has 1 aliphatic heterocycles. The fourth-order valence-corrected chi connectivity index (χ4v) is 2.19. The molecule has 1 aliphatic rings. The third-order valence-electron chi connectivity index (χ3n) is 3.83. The number of aliphatic hydroxyl groups is 1. The van der Waals surface area contributed by atoms with Gasteiger partial charge in [0.05, 0.1) is 18.6 Å². The fourth-order valence-electron chi connectivity index (χ4n) is 2.19. The Morgan fingerprint density at radius 3 is 2.76 bits per heavy atom. The van der Waals surface area contributed by atoms with Gasteiger partial charge in [-0.25, -0.2) is 0 Å². The van der Waals surface area contributed by atoms with E-state index in [-0.39, 0.29) is 17.8 Å². The summed E-state index contributed by atoms with van der Waals surface area (Å²) < 4.78 is 4.79. The molecule has 0 aliphatic carbocycles. The van der Waals surface area contributed by atoms with Gasteiger partial charge in [-0.05, 0) is 32.2 Å². The Bertz CT molecular complexity index is 263. The molecule has 0 spiro atoms. The van der Waals surface area contributed by atoms with Gasteiger partial charge in [-0.2, -0.15) is 0 Å². The fraction of sp³-hybridized carbons (Fsp3) is 0.923. The van der Waals surface area contributed by atoms with Crippen molar-refractivity contribution in [3.63, 3.8) is 0 Å². The molecule has 0 radical (unpaired) electrons. The molecule has 1 heterocycles. The first kappa shape index (κ1) is 14.5. The summed E-state index contributed by atoms with van der Waals surface area (Å²) in [6.07, 6.45) is 1.89. The second-order valence-corrected chi connectivity index (χ2v) is 5.61. The lowest BCUT2D eigenvalue weighted by Gasteiger charge is -2.38. The van der Waals surface area contributed by atoms with Gasteiger partial charge >= 0.3 is 5.97 Å². The van der Waals surface area contributed by atoms with Crippen LogP contribution in [0.25, 0.3) is 0 Å². The van der Waals surface area contributed by atoms with Crippen LogP contribution < -0.4 is 0 Å². The number of piperidine rings is 1. The van der Waals surface area contributed by atoms with E-state index in [2.05, 4.69) is 4.90 Å². The van der Waals surface area contributed by atoms with E-state index in [1.807, 2.05) is 20.8 Å². The van der Waals surface area contributed by atoms with E-state index in [9.17, 15) is 9.90 Å². The van der Waals surface area contributed by atoms with Crippen LogP contribution in [0.5, 0.6) is 0 Å². The number of ether oxygens (including phenoxy) is 1. The molecule has 4 heteroatoms. The van der Waals surface area contributed by atoms with E-state index in [0.29, 0.717) is 13.1 Å². The maximum Gasteiger partial charge on any atom is 0.309 e. The zero-order valence-electron chi connectivity index (χ0n) is 11.4. The Labute approximate surface area is 104 Å². The molecule has 0 aromatic carbocycles. The van der Waals surface area contributed by atoms with Crippen LogP contribution in [-0.2, 0) is 9.53 Å². The zero-order chi connectivity index (χ0) is 13.1. The van der Waals surface area contributed by atoms with Crippen molar-refractivity contribution < 1.29 is 14.6 Å². The Kier molecular flexibility index (Phi) is 4.95. The van der Waals surface area contributed by atoms with Gasteiger partial charge in [0.1, 0.15) is 0 Å². The number of methoxy groups -OCH3 is 1. The Morgan fingerprint density at radius 2 is 2.24 bits per heavy atom. The molecule has 4 nitrogen and oxygen atoms in total. The number of hydrogen-bond acceptors (Lipinski definition) is 4. The summed E-state index contributed by atoms with van der Waals surface area (Å²) in [7, 11) is 1.44. The van der Waals surface area contributed by atoms with E-state index in [1.165, 1.54) is 7.11 Å². The Balaban J connectivity index is 2.53. The summed E-state index contributed by atoms with van der Waals surface area (Å²) in [6, 6.07) is 0. The molecule has 100 valence electrons. The molecule has 0 aromatic heterocycles. The number of nitrogens with zero attached hydrogens (tertiary/aromatic N) is 1. The van der Waals surface area contributed by atoms with Crippen molar-refractivity contribution >= 4 is 5.97 Å². The highest BCUT2D eigenvalue weighted by Gasteiger charge is 2.32. The van der Waals surface area contributed by atoms with Gasteiger partial charge in [-0.3, -0.25) is 9.69 Å². The zero-order valence-corrected chi connectivity index (χ0v) is 11.4. The number of likely N-dealkylation sites (tertiary alicyclic amines) is 1. The molecule has 1 saturated heterocycles. The Hall–Kier alpha value is -0.610. The van der Waals surface area contributed by atoms with Crippen LogP contribution in [0.2, 0.25) is 0 Å². The maximum atomic E-state index is 11.5. The first-order valence-electron chi connectivity index (χ1n) is 6.39. The number of carbonyl (C=O) groups is 1. The third kappa shape index (κ3) is 3.96. The highest BCUT2D eigenvalue weighted by Crippen LogP contribution is 2.23. The third-order valence-corrected chi connectivity index (χ3v) is 3.83. The topological polar surface area (TPSA) is 49.8 Å². The first-order chi connectivity index (χ1) is 7.86. The SMILES string of the molecule is COC(=O)[C@H]1CCCN(CC(C)(O)C(C)C)C1. The van der Waals surface area contributed by atoms with Crippen LogP contribution in [0.3, 0.4) is 0 Å². The minimum Gasteiger partial charge on any atom is -0.469 e. The van der Waals surface area contributed by atoms with Crippen molar-refractivity contribution in [2.45, 2.75) is 39.2 Å². The molecule has 17 heavy (non-hydrogen) atoms. The number of hydrogen-bond donors (Lipinski definition) is 1. The van der Waals surface area contributed by atoms with Gasteiger partial charge in [-0.1, -0.05) is 13.8 Å². The maximum absolute atomic E-state index is 11.5. The molecular formula is C13H25NO3. The van der Waals surface area contributed by atoms with Crippen LogP contribution in [0.15, 0.2) is 0 Å². The molecule has 1 unspecified atom stereocenters. The lowest BCUT2D eigenvalue weighted by molar-refractivity contribution is -0.148. The average molecular weight is 243 g/mol.